The molecule has 0 radical (unpaired) electrons. The normalized spacial score (nSPS) is 11.9. The van der Waals surface area contributed by atoms with Crippen molar-refractivity contribution in [2.75, 3.05) is 6.54 Å². The summed E-state index contributed by atoms with van der Waals surface area (Å²) in [6.07, 6.45) is 4.10. The number of amides is 1. The quantitative estimate of drug-likeness (QED) is 0.468. The minimum Gasteiger partial charge on any atom is -0.354 e. The molecule has 0 aliphatic rings. The maximum absolute atomic E-state index is 12.8. The van der Waals surface area contributed by atoms with Gasteiger partial charge in [0, 0.05) is 30.9 Å². The smallest absolute Gasteiger partial charge is 0.267 e. The van der Waals surface area contributed by atoms with Crippen LogP contribution in [0.3, 0.4) is 0 Å². The molecule has 2 aromatic heterocycles. The van der Waals surface area contributed by atoms with Crippen molar-refractivity contribution in [2.24, 2.45) is 0 Å². The summed E-state index contributed by atoms with van der Waals surface area (Å²) in [5, 5.41) is 11.4. The summed E-state index contributed by atoms with van der Waals surface area (Å²) in [6.45, 7) is 2.15. The van der Waals surface area contributed by atoms with E-state index in [9.17, 15) is 9.59 Å². The summed E-state index contributed by atoms with van der Waals surface area (Å²) in [5.74, 6) is 0.386. The molecule has 0 aliphatic carbocycles. The largest absolute Gasteiger partial charge is 0.354 e. The fourth-order valence-electron chi connectivity index (χ4n) is 3.71. The second-order valence-corrected chi connectivity index (χ2v) is 7.55. The Hall–Kier alpha value is -4.00. The number of carbonyl (C=O) groups excluding carboxylic acids is 1. The van der Waals surface area contributed by atoms with Crippen LogP contribution in [0.4, 0.5) is 0 Å². The van der Waals surface area contributed by atoms with Gasteiger partial charge in [0.25, 0.3) is 5.56 Å². The zero-order valence-electron chi connectivity index (χ0n) is 17.8. The van der Waals surface area contributed by atoms with Crippen LogP contribution in [0.25, 0.3) is 5.82 Å². The average Bonchev–Trinajstić information content (AvgIpc) is 3.38. The number of nitrogens with zero attached hydrogens (tertiary/aromatic N) is 4. The topological polar surface area (TPSA) is 81.8 Å². The molecule has 1 unspecified atom stereocenters. The molecule has 0 bridgehead atoms. The predicted octanol–water partition coefficient (Wildman–Crippen LogP) is 3.33. The SMILES string of the molecule is CC(C(=O)NCCC(c1ccccc1)c1ccccc1)n1nc(-n2cccn2)ccc1=O. The van der Waals surface area contributed by atoms with Gasteiger partial charge in [-0.1, -0.05) is 60.7 Å². The Morgan fingerprint density at radius 3 is 2.19 bits per heavy atom. The van der Waals surface area contributed by atoms with E-state index in [4.69, 9.17) is 0 Å². The summed E-state index contributed by atoms with van der Waals surface area (Å²) in [6, 6.07) is 24.5. The number of aromatic nitrogens is 4. The van der Waals surface area contributed by atoms with E-state index >= 15 is 0 Å². The molecular formula is C25H25N5O2. The van der Waals surface area contributed by atoms with E-state index in [1.54, 1.807) is 36.1 Å². The van der Waals surface area contributed by atoms with Crippen molar-refractivity contribution in [3.63, 3.8) is 0 Å². The molecular weight excluding hydrogens is 402 g/mol. The maximum Gasteiger partial charge on any atom is 0.267 e. The van der Waals surface area contributed by atoms with Crippen LogP contribution < -0.4 is 10.9 Å². The fourth-order valence-corrected chi connectivity index (χ4v) is 3.71. The van der Waals surface area contributed by atoms with Crippen LogP contribution in [0.1, 0.15) is 36.4 Å². The second-order valence-electron chi connectivity index (χ2n) is 7.55. The van der Waals surface area contributed by atoms with Gasteiger partial charge < -0.3 is 5.32 Å². The van der Waals surface area contributed by atoms with Crippen molar-refractivity contribution in [3.8, 4) is 5.82 Å². The molecule has 1 atom stereocenters. The lowest BCUT2D eigenvalue weighted by atomic mass is 9.88. The van der Waals surface area contributed by atoms with Crippen molar-refractivity contribution in [1.29, 1.82) is 0 Å². The second kappa shape index (κ2) is 9.87. The Labute approximate surface area is 186 Å². The van der Waals surface area contributed by atoms with Gasteiger partial charge in [-0.25, -0.2) is 9.36 Å². The zero-order chi connectivity index (χ0) is 22.3. The van der Waals surface area contributed by atoms with E-state index in [1.807, 2.05) is 36.4 Å². The third kappa shape index (κ3) is 4.83. The Morgan fingerprint density at radius 1 is 0.938 bits per heavy atom. The third-order valence-electron chi connectivity index (χ3n) is 5.43. The Morgan fingerprint density at radius 2 is 1.59 bits per heavy atom. The number of nitrogens with one attached hydrogen (secondary N) is 1. The molecule has 0 aliphatic heterocycles. The number of rotatable bonds is 8. The molecule has 1 N–H and O–H groups in total. The van der Waals surface area contributed by atoms with E-state index < -0.39 is 6.04 Å². The summed E-state index contributed by atoms with van der Waals surface area (Å²) in [5.41, 5.74) is 2.06. The van der Waals surface area contributed by atoms with Gasteiger partial charge in [0.15, 0.2) is 5.82 Å². The van der Waals surface area contributed by atoms with Crippen molar-refractivity contribution < 1.29 is 4.79 Å². The summed E-state index contributed by atoms with van der Waals surface area (Å²) in [7, 11) is 0. The van der Waals surface area contributed by atoms with Gasteiger partial charge in [0.2, 0.25) is 5.91 Å². The van der Waals surface area contributed by atoms with E-state index in [2.05, 4.69) is 39.8 Å². The number of carbonyl (C=O) groups is 1. The minimum atomic E-state index is -0.745. The van der Waals surface area contributed by atoms with Crippen LogP contribution in [-0.2, 0) is 4.79 Å². The highest BCUT2D eigenvalue weighted by atomic mass is 16.2. The molecule has 0 spiro atoms. The lowest BCUT2D eigenvalue weighted by Gasteiger charge is -2.20. The predicted molar refractivity (Wildman–Crippen MR) is 123 cm³/mol. The van der Waals surface area contributed by atoms with Crippen molar-refractivity contribution in [1.82, 2.24) is 24.9 Å². The van der Waals surface area contributed by atoms with Crippen LogP contribution in [0.5, 0.6) is 0 Å². The average molecular weight is 428 g/mol. The Kier molecular flexibility index (Phi) is 6.55. The van der Waals surface area contributed by atoms with Crippen molar-refractivity contribution in [3.05, 3.63) is 113 Å². The van der Waals surface area contributed by atoms with Gasteiger partial charge in [-0.2, -0.15) is 5.10 Å². The molecule has 32 heavy (non-hydrogen) atoms. The Bertz CT molecular complexity index is 1160. The highest BCUT2D eigenvalue weighted by Crippen LogP contribution is 2.27. The van der Waals surface area contributed by atoms with Gasteiger partial charge in [-0.15, -0.1) is 5.10 Å². The molecule has 7 heteroatoms. The highest BCUT2D eigenvalue weighted by Gasteiger charge is 2.19. The van der Waals surface area contributed by atoms with Crippen LogP contribution in [-0.4, -0.2) is 32.0 Å². The first-order chi connectivity index (χ1) is 15.6. The van der Waals surface area contributed by atoms with E-state index in [0.29, 0.717) is 12.4 Å². The first kappa shape index (κ1) is 21.2. The van der Waals surface area contributed by atoms with Gasteiger partial charge >= 0.3 is 0 Å². The minimum absolute atomic E-state index is 0.164. The van der Waals surface area contributed by atoms with Crippen LogP contribution in [0, 0.1) is 0 Å². The number of benzene rings is 2. The van der Waals surface area contributed by atoms with E-state index in [0.717, 1.165) is 6.42 Å². The molecule has 2 aromatic carbocycles. The van der Waals surface area contributed by atoms with Crippen LogP contribution in [0.15, 0.2) is 96.1 Å². The molecule has 4 aromatic rings. The first-order valence-electron chi connectivity index (χ1n) is 10.6. The van der Waals surface area contributed by atoms with Gasteiger partial charge in [0.1, 0.15) is 6.04 Å². The van der Waals surface area contributed by atoms with Gasteiger partial charge in [-0.05, 0) is 36.6 Å². The van der Waals surface area contributed by atoms with Gasteiger partial charge in [-0.3, -0.25) is 9.59 Å². The van der Waals surface area contributed by atoms with E-state index in [-0.39, 0.29) is 17.4 Å². The molecule has 2 heterocycles. The number of hydrogen-bond acceptors (Lipinski definition) is 4. The molecule has 4 rings (SSSR count). The van der Waals surface area contributed by atoms with E-state index in [1.165, 1.54) is 21.9 Å². The molecule has 162 valence electrons. The summed E-state index contributed by atoms with van der Waals surface area (Å²) in [4.78, 5) is 25.1. The monoisotopic (exact) mass is 427 g/mol. The number of hydrogen-bond donors (Lipinski definition) is 1. The summed E-state index contributed by atoms with van der Waals surface area (Å²) < 4.78 is 2.74. The summed E-state index contributed by atoms with van der Waals surface area (Å²) >= 11 is 0. The highest BCUT2D eigenvalue weighted by molar-refractivity contribution is 5.79. The molecule has 0 saturated heterocycles. The van der Waals surface area contributed by atoms with Crippen molar-refractivity contribution >= 4 is 5.91 Å². The Balaban J connectivity index is 1.45. The lowest BCUT2D eigenvalue weighted by molar-refractivity contribution is -0.124. The molecule has 0 fully saturated rings. The lowest BCUT2D eigenvalue weighted by Crippen LogP contribution is -2.38. The van der Waals surface area contributed by atoms with Gasteiger partial charge in [0.05, 0.1) is 0 Å². The maximum atomic E-state index is 12.8. The molecule has 7 nitrogen and oxygen atoms in total. The first-order valence-corrected chi connectivity index (χ1v) is 10.6. The zero-order valence-corrected chi connectivity index (χ0v) is 17.8. The van der Waals surface area contributed by atoms with Crippen LogP contribution >= 0.6 is 0 Å². The van der Waals surface area contributed by atoms with Crippen molar-refractivity contribution in [2.45, 2.75) is 25.3 Å². The molecule has 1 amide bonds. The third-order valence-corrected chi connectivity index (χ3v) is 5.43. The molecule has 0 saturated carbocycles. The van der Waals surface area contributed by atoms with Crippen LogP contribution in [0.2, 0.25) is 0 Å². The standard InChI is InChI=1S/C25H25N5O2/c1-19(30-24(31)14-13-23(28-30)29-18-8-16-27-29)25(32)26-17-15-22(20-9-4-2-5-10-20)21-11-6-3-7-12-21/h2-14,16,18-19,22H,15,17H2,1H3,(H,26,32). The fraction of sp³-hybridized carbons (Fsp3) is 0.200.